The number of benzene rings is 1. The second-order valence-corrected chi connectivity index (χ2v) is 5.14. The molecule has 0 aromatic heterocycles. The molecule has 1 N–H and O–H groups in total. The third-order valence-corrected chi connectivity index (χ3v) is 3.82. The molecule has 1 saturated heterocycles. The molecule has 1 fully saturated rings. The molecule has 1 unspecified atom stereocenters. The first-order valence-corrected chi connectivity index (χ1v) is 7.50. The summed E-state index contributed by atoms with van der Waals surface area (Å²) in [5.74, 6) is 0.970. The zero-order valence-electron chi connectivity index (χ0n) is 12.2. The molecule has 1 aromatic rings. The highest BCUT2D eigenvalue weighted by molar-refractivity contribution is 5.28. The third kappa shape index (κ3) is 4.22. The zero-order chi connectivity index (χ0) is 13.5. The van der Waals surface area contributed by atoms with Crippen LogP contribution in [0.4, 0.5) is 0 Å². The highest BCUT2D eigenvalue weighted by atomic mass is 16.5. The fraction of sp³-hybridized carbons (Fsp3) is 0.625. The molecule has 0 bridgehead atoms. The van der Waals surface area contributed by atoms with Crippen molar-refractivity contribution >= 4 is 0 Å². The molecule has 0 amide bonds. The van der Waals surface area contributed by atoms with E-state index < -0.39 is 0 Å². The Morgan fingerprint density at radius 3 is 3.05 bits per heavy atom. The first kappa shape index (κ1) is 14.4. The van der Waals surface area contributed by atoms with E-state index in [1.165, 1.54) is 31.5 Å². The lowest BCUT2D eigenvalue weighted by Crippen LogP contribution is -2.37. The van der Waals surface area contributed by atoms with Crippen molar-refractivity contribution < 1.29 is 4.74 Å². The third-order valence-electron chi connectivity index (χ3n) is 3.82. The van der Waals surface area contributed by atoms with E-state index in [0.29, 0.717) is 0 Å². The number of ether oxygens (including phenoxy) is 1. The first-order chi connectivity index (χ1) is 9.33. The predicted molar refractivity (Wildman–Crippen MR) is 79.6 cm³/mol. The average Bonchev–Trinajstić information content (AvgIpc) is 2.87. The smallest absolute Gasteiger partial charge is 0.119 e. The first-order valence-electron chi connectivity index (χ1n) is 7.50. The zero-order valence-corrected chi connectivity index (χ0v) is 12.2. The minimum absolute atomic E-state index is 0.722. The summed E-state index contributed by atoms with van der Waals surface area (Å²) < 4.78 is 5.52. The highest BCUT2D eigenvalue weighted by Gasteiger charge is 2.21. The number of hydrogen-bond donors (Lipinski definition) is 1. The van der Waals surface area contributed by atoms with E-state index in [2.05, 4.69) is 35.3 Å². The Kier molecular flexibility index (Phi) is 5.67. The van der Waals surface area contributed by atoms with Crippen molar-refractivity contribution in [2.24, 2.45) is 0 Å². The second kappa shape index (κ2) is 7.51. The van der Waals surface area contributed by atoms with Gasteiger partial charge in [0, 0.05) is 19.1 Å². The van der Waals surface area contributed by atoms with E-state index in [9.17, 15) is 0 Å². The maximum atomic E-state index is 5.52. The molecule has 0 radical (unpaired) electrons. The topological polar surface area (TPSA) is 24.5 Å². The Balaban J connectivity index is 1.77. The van der Waals surface area contributed by atoms with Gasteiger partial charge >= 0.3 is 0 Å². The van der Waals surface area contributed by atoms with E-state index in [0.717, 1.165) is 31.5 Å². The molecule has 106 valence electrons. The van der Waals surface area contributed by atoms with E-state index in [4.69, 9.17) is 4.74 Å². The average molecular weight is 262 g/mol. The molecule has 1 atom stereocenters. The molecule has 1 aromatic carbocycles. The molecule has 19 heavy (non-hydrogen) atoms. The van der Waals surface area contributed by atoms with Gasteiger partial charge in [-0.05, 0) is 50.6 Å². The van der Waals surface area contributed by atoms with Gasteiger partial charge in [-0.2, -0.15) is 0 Å². The number of likely N-dealkylation sites (tertiary alicyclic amines) is 1. The molecule has 1 aliphatic heterocycles. The molecular weight excluding hydrogens is 236 g/mol. The van der Waals surface area contributed by atoms with Crippen LogP contribution < -0.4 is 10.1 Å². The summed E-state index contributed by atoms with van der Waals surface area (Å²) in [7, 11) is 0. The van der Waals surface area contributed by atoms with Crippen LogP contribution in [0, 0.1) is 0 Å². The van der Waals surface area contributed by atoms with Gasteiger partial charge in [-0.1, -0.05) is 19.1 Å². The van der Waals surface area contributed by atoms with Gasteiger partial charge in [0.2, 0.25) is 0 Å². The summed E-state index contributed by atoms with van der Waals surface area (Å²) in [6, 6.07) is 9.09. The van der Waals surface area contributed by atoms with Crippen LogP contribution in [-0.2, 0) is 6.54 Å². The fourth-order valence-electron chi connectivity index (χ4n) is 2.84. The van der Waals surface area contributed by atoms with Gasteiger partial charge in [0.1, 0.15) is 5.75 Å². The van der Waals surface area contributed by atoms with Gasteiger partial charge in [-0.3, -0.25) is 4.90 Å². The van der Waals surface area contributed by atoms with Crippen LogP contribution in [0.3, 0.4) is 0 Å². The quantitative estimate of drug-likeness (QED) is 0.817. The standard InChI is InChI=1S/C16H26N2O/c1-3-18-10-6-8-15(18)13-17-12-14-7-5-9-16(11-14)19-4-2/h5,7,9,11,15,17H,3-4,6,8,10,12-13H2,1-2H3. The number of hydrogen-bond acceptors (Lipinski definition) is 3. The van der Waals surface area contributed by atoms with Crippen molar-refractivity contribution in [1.29, 1.82) is 0 Å². The summed E-state index contributed by atoms with van der Waals surface area (Å²) in [6.07, 6.45) is 2.68. The molecule has 0 spiro atoms. The number of nitrogens with zero attached hydrogens (tertiary/aromatic N) is 1. The van der Waals surface area contributed by atoms with Crippen LogP contribution in [0.2, 0.25) is 0 Å². The minimum Gasteiger partial charge on any atom is -0.494 e. The predicted octanol–water partition coefficient (Wildman–Crippen LogP) is 2.66. The summed E-state index contributed by atoms with van der Waals surface area (Å²) in [4.78, 5) is 2.57. The van der Waals surface area contributed by atoms with E-state index in [1.807, 2.05) is 13.0 Å². The lowest BCUT2D eigenvalue weighted by molar-refractivity contribution is 0.260. The molecule has 1 heterocycles. The summed E-state index contributed by atoms with van der Waals surface area (Å²) in [5, 5.41) is 3.58. The van der Waals surface area contributed by atoms with E-state index >= 15 is 0 Å². The van der Waals surface area contributed by atoms with Crippen LogP contribution in [0.5, 0.6) is 5.75 Å². The van der Waals surface area contributed by atoms with Crippen molar-refractivity contribution in [1.82, 2.24) is 10.2 Å². The van der Waals surface area contributed by atoms with Crippen molar-refractivity contribution in [3.63, 3.8) is 0 Å². The number of rotatable bonds is 7. The maximum Gasteiger partial charge on any atom is 0.119 e. The monoisotopic (exact) mass is 262 g/mol. The molecule has 2 rings (SSSR count). The Morgan fingerprint density at radius 2 is 2.26 bits per heavy atom. The molecule has 0 aliphatic carbocycles. The van der Waals surface area contributed by atoms with Gasteiger partial charge in [0.15, 0.2) is 0 Å². The SMILES string of the molecule is CCOc1cccc(CNCC2CCCN2CC)c1. The van der Waals surface area contributed by atoms with Gasteiger partial charge in [0.05, 0.1) is 6.61 Å². The molecule has 3 heteroatoms. The van der Waals surface area contributed by atoms with Gasteiger partial charge < -0.3 is 10.1 Å². The van der Waals surface area contributed by atoms with Crippen molar-refractivity contribution in [2.75, 3.05) is 26.2 Å². The summed E-state index contributed by atoms with van der Waals surface area (Å²) >= 11 is 0. The minimum atomic E-state index is 0.722. The van der Waals surface area contributed by atoms with Crippen LogP contribution in [0.1, 0.15) is 32.3 Å². The van der Waals surface area contributed by atoms with Gasteiger partial charge in [-0.15, -0.1) is 0 Å². The summed E-state index contributed by atoms with van der Waals surface area (Å²) in [6.45, 7) is 9.45. The largest absolute Gasteiger partial charge is 0.494 e. The van der Waals surface area contributed by atoms with E-state index in [-0.39, 0.29) is 0 Å². The van der Waals surface area contributed by atoms with Crippen LogP contribution in [-0.4, -0.2) is 37.2 Å². The lowest BCUT2D eigenvalue weighted by atomic mass is 10.2. The second-order valence-electron chi connectivity index (χ2n) is 5.14. The molecule has 0 saturated carbocycles. The number of likely N-dealkylation sites (N-methyl/N-ethyl adjacent to an activating group) is 1. The van der Waals surface area contributed by atoms with Crippen LogP contribution >= 0.6 is 0 Å². The van der Waals surface area contributed by atoms with Crippen molar-refractivity contribution in [3.05, 3.63) is 29.8 Å². The highest BCUT2D eigenvalue weighted by Crippen LogP contribution is 2.16. The normalized spacial score (nSPS) is 19.8. The Labute approximate surface area is 116 Å². The van der Waals surface area contributed by atoms with Crippen molar-refractivity contribution in [2.45, 2.75) is 39.3 Å². The molecule has 1 aliphatic rings. The summed E-state index contributed by atoms with van der Waals surface area (Å²) in [5.41, 5.74) is 1.30. The molecule has 3 nitrogen and oxygen atoms in total. The van der Waals surface area contributed by atoms with E-state index in [1.54, 1.807) is 0 Å². The van der Waals surface area contributed by atoms with Crippen LogP contribution in [0.15, 0.2) is 24.3 Å². The lowest BCUT2D eigenvalue weighted by Gasteiger charge is -2.23. The molecular formula is C16H26N2O. The van der Waals surface area contributed by atoms with Gasteiger partial charge in [-0.25, -0.2) is 0 Å². The fourth-order valence-corrected chi connectivity index (χ4v) is 2.84. The van der Waals surface area contributed by atoms with Crippen molar-refractivity contribution in [3.8, 4) is 5.75 Å². The maximum absolute atomic E-state index is 5.52. The van der Waals surface area contributed by atoms with Gasteiger partial charge in [0.25, 0.3) is 0 Å². The Hall–Kier alpha value is -1.06. The van der Waals surface area contributed by atoms with Crippen LogP contribution in [0.25, 0.3) is 0 Å². The number of nitrogens with one attached hydrogen (secondary N) is 1. The Bertz CT molecular complexity index is 381. The Morgan fingerprint density at radius 1 is 1.37 bits per heavy atom.